The Balaban J connectivity index is 1.57. The number of nitrogens with one attached hydrogen (secondary N) is 1. The molecule has 1 fully saturated rings. The van der Waals surface area contributed by atoms with E-state index in [0.29, 0.717) is 25.2 Å². The first-order valence-electron chi connectivity index (χ1n) is 8.98. The standard InChI is InChI=1S/C21H21FN4O/c1-15-5-7-19(8-6-15)26-14-16(12-24-26)13-25-10-9-23-21(27)20(25)17-3-2-4-18(22)11-17/h2-8,11-12,14,20H,9-10,13H2,1H3,(H,23,27)/t20-/m1/s1. The van der Waals surface area contributed by atoms with Crippen LogP contribution in [-0.2, 0) is 11.3 Å². The fraction of sp³-hybridized carbons (Fsp3) is 0.238. The molecular formula is C21H21FN4O. The van der Waals surface area contributed by atoms with Gasteiger partial charge in [0.2, 0.25) is 5.91 Å². The number of aromatic nitrogens is 2. The Morgan fingerprint density at radius 3 is 2.81 bits per heavy atom. The maximum atomic E-state index is 13.7. The Kier molecular flexibility index (Phi) is 4.73. The van der Waals surface area contributed by atoms with Gasteiger partial charge in [-0.2, -0.15) is 5.10 Å². The number of carbonyl (C=O) groups excluding carboxylic acids is 1. The van der Waals surface area contributed by atoms with Gasteiger partial charge in [0.15, 0.2) is 0 Å². The lowest BCUT2D eigenvalue weighted by molar-refractivity contribution is -0.129. The summed E-state index contributed by atoms with van der Waals surface area (Å²) >= 11 is 0. The third-order valence-corrected chi connectivity index (χ3v) is 4.80. The van der Waals surface area contributed by atoms with Crippen LogP contribution < -0.4 is 5.32 Å². The number of aryl methyl sites for hydroxylation is 1. The summed E-state index contributed by atoms with van der Waals surface area (Å²) in [6.07, 6.45) is 3.79. The van der Waals surface area contributed by atoms with Crippen LogP contribution >= 0.6 is 0 Å². The summed E-state index contributed by atoms with van der Waals surface area (Å²) in [5.41, 5.74) is 3.86. The van der Waals surface area contributed by atoms with Crippen LogP contribution in [0, 0.1) is 12.7 Å². The van der Waals surface area contributed by atoms with Gasteiger partial charge >= 0.3 is 0 Å². The zero-order valence-corrected chi connectivity index (χ0v) is 15.1. The molecule has 1 amide bonds. The van der Waals surface area contributed by atoms with Crippen molar-refractivity contribution in [3.63, 3.8) is 0 Å². The lowest BCUT2D eigenvalue weighted by Crippen LogP contribution is -2.49. The number of hydrogen-bond acceptors (Lipinski definition) is 3. The van der Waals surface area contributed by atoms with Crippen LogP contribution in [0.15, 0.2) is 60.9 Å². The molecular weight excluding hydrogens is 343 g/mol. The van der Waals surface area contributed by atoms with Gasteiger partial charge in [0.1, 0.15) is 11.9 Å². The van der Waals surface area contributed by atoms with Gasteiger partial charge in [-0.3, -0.25) is 9.69 Å². The van der Waals surface area contributed by atoms with Crippen molar-refractivity contribution >= 4 is 5.91 Å². The number of carbonyl (C=O) groups is 1. The molecule has 27 heavy (non-hydrogen) atoms. The van der Waals surface area contributed by atoms with E-state index in [1.165, 1.54) is 17.7 Å². The maximum Gasteiger partial charge on any atom is 0.242 e. The molecule has 3 aromatic rings. The molecule has 1 aromatic heterocycles. The number of nitrogens with zero attached hydrogens (tertiary/aromatic N) is 3. The number of rotatable bonds is 4. The van der Waals surface area contributed by atoms with E-state index < -0.39 is 6.04 Å². The van der Waals surface area contributed by atoms with Crippen molar-refractivity contribution in [2.45, 2.75) is 19.5 Å². The van der Waals surface area contributed by atoms with Crippen LogP contribution in [0.25, 0.3) is 5.69 Å². The van der Waals surface area contributed by atoms with Crippen LogP contribution in [0.1, 0.15) is 22.7 Å². The molecule has 0 unspecified atom stereocenters. The smallest absolute Gasteiger partial charge is 0.242 e. The highest BCUT2D eigenvalue weighted by molar-refractivity contribution is 5.83. The van der Waals surface area contributed by atoms with Gasteiger partial charge < -0.3 is 5.32 Å². The zero-order valence-electron chi connectivity index (χ0n) is 15.1. The third-order valence-electron chi connectivity index (χ3n) is 4.80. The van der Waals surface area contributed by atoms with Gasteiger partial charge in [0.25, 0.3) is 0 Å². The SMILES string of the molecule is Cc1ccc(-n2cc(CN3CCNC(=O)[C@H]3c3cccc(F)c3)cn2)cc1. The predicted molar refractivity (Wildman–Crippen MR) is 101 cm³/mol. The average Bonchev–Trinajstić information content (AvgIpc) is 3.11. The van der Waals surface area contributed by atoms with Crippen molar-refractivity contribution in [1.82, 2.24) is 20.0 Å². The minimum Gasteiger partial charge on any atom is -0.353 e. The molecule has 0 saturated carbocycles. The van der Waals surface area contributed by atoms with E-state index in [1.807, 2.05) is 48.3 Å². The Bertz CT molecular complexity index is 951. The van der Waals surface area contributed by atoms with E-state index in [4.69, 9.17) is 0 Å². The Morgan fingerprint density at radius 1 is 1.22 bits per heavy atom. The molecule has 4 rings (SSSR count). The molecule has 0 radical (unpaired) electrons. The quantitative estimate of drug-likeness (QED) is 0.774. The van der Waals surface area contributed by atoms with Gasteiger partial charge in [-0.25, -0.2) is 9.07 Å². The number of hydrogen-bond donors (Lipinski definition) is 1. The van der Waals surface area contributed by atoms with Crippen LogP contribution in [0.3, 0.4) is 0 Å². The second-order valence-electron chi connectivity index (χ2n) is 6.85. The first-order chi connectivity index (χ1) is 13.1. The molecule has 1 aliphatic rings. The van der Waals surface area contributed by atoms with Crippen LogP contribution in [0.4, 0.5) is 4.39 Å². The monoisotopic (exact) mass is 364 g/mol. The first-order valence-corrected chi connectivity index (χ1v) is 8.98. The van der Waals surface area contributed by atoms with E-state index in [0.717, 1.165) is 11.3 Å². The van der Waals surface area contributed by atoms with Crippen molar-refractivity contribution in [3.05, 3.63) is 83.4 Å². The topological polar surface area (TPSA) is 50.2 Å². The Labute approximate surface area is 157 Å². The summed E-state index contributed by atoms with van der Waals surface area (Å²) in [6.45, 7) is 3.89. The highest BCUT2D eigenvalue weighted by atomic mass is 19.1. The van der Waals surface area contributed by atoms with Gasteiger partial charge in [-0.15, -0.1) is 0 Å². The molecule has 2 aromatic carbocycles. The van der Waals surface area contributed by atoms with E-state index in [1.54, 1.807) is 12.1 Å². The fourth-order valence-corrected chi connectivity index (χ4v) is 3.44. The van der Waals surface area contributed by atoms with Crippen LogP contribution in [0.2, 0.25) is 0 Å². The van der Waals surface area contributed by atoms with E-state index in [2.05, 4.69) is 15.3 Å². The van der Waals surface area contributed by atoms with Crippen LogP contribution in [-0.4, -0.2) is 33.7 Å². The molecule has 6 heteroatoms. The zero-order chi connectivity index (χ0) is 18.8. The van der Waals surface area contributed by atoms with Crippen molar-refractivity contribution in [2.75, 3.05) is 13.1 Å². The highest BCUT2D eigenvalue weighted by Gasteiger charge is 2.31. The molecule has 1 saturated heterocycles. The highest BCUT2D eigenvalue weighted by Crippen LogP contribution is 2.26. The summed E-state index contributed by atoms with van der Waals surface area (Å²) in [5.74, 6) is -0.434. The molecule has 138 valence electrons. The first kappa shape index (κ1) is 17.4. The minimum atomic E-state index is -0.503. The van der Waals surface area contributed by atoms with E-state index >= 15 is 0 Å². The van der Waals surface area contributed by atoms with Gasteiger partial charge in [0.05, 0.1) is 11.9 Å². The number of amides is 1. The van der Waals surface area contributed by atoms with Crippen molar-refractivity contribution in [2.24, 2.45) is 0 Å². The maximum absolute atomic E-state index is 13.7. The Morgan fingerprint density at radius 2 is 2.04 bits per heavy atom. The van der Waals surface area contributed by atoms with Crippen LogP contribution in [0.5, 0.6) is 0 Å². The summed E-state index contributed by atoms with van der Waals surface area (Å²) in [5, 5.41) is 7.32. The summed E-state index contributed by atoms with van der Waals surface area (Å²) in [4.78, 5) is 14.5. The minimum absolute atomic E-state index is 0.0993. The van der Waals surface area contributed by atoms with Gasteiger partial charge in [0, 0.05) is 31.4 Å². The lowest BCUT2D eigenvalue weighted by atomic mass is 10.0. The predicted octanol–water partition coefficient (Wildman–Crippen LogP) is 2.99. The molecule has 0 bridgehead atoms. The van der Waals surface area contributed by atoms with E-state index in [9.17, 15) is 9.18 Å². The summed E-state index contributed by atoms with van der Waals surface area (Å²) in [7, 11) is 0. The Hall–Kier alpha value is -2.99. The van der Waals surface area contributed by atoms with Gasteiger partial charge in [-0.1, -0.05) is 29.8 Å². The number of benzene rings is 2. The summed E-state index contributed by atoms with van der Waals surface area (Å²) in [6, 6.07) is 13.9. The van der Waals surface area contributed by atoms with Crippen molar-refractivity contribution in [3.8, 4) is 5.69 Å². The number of halogens is 1. The largest absolute Gasteiger partial charge is 0.353 e. The van der Waals surface area contributed by atoms with Crippen molar-refractivity contribution < 1.29 is 9.18 Å². The number of piperazine rings is 1. The average molecular weight is 364 g/mol. The molecule has 1 atom stereocenters. The van der Waals surface area contributed by atoms with E-state index in [-0.39, 0.29) is 11.7 Å². The second-order valence-corrected chi connectivity index (χ2v) is 6.85. The molecule has 1 N–H and O–H groups in total. The lowest BCUT2D eigenvalue weighted by Gasteiger charge is -2.35. The molecule has 5 nitrogen and oxygen atoms in total. The molecule has 0 aliphatic carbocycles. The normalized spacial score (nSPS) is 17.7. The van der Waals surface area contributed by atoms with Gasteiger partial charge in [-0.05, 0) is 36.8 Å². The molecule has 1 aliphatic heterocycles. The molecule has 2 heterocycles. The second kappa shape index (κ2) is 7.32. The molecule has 0 spiro atoms. The van der Waals surface area contributed by atoms with Crippen molar-refractivity contribution in [1.29, 1.82) is 0 Å². The summed E-state index contributed by atoms with van der Waals surface area (Å²) < 4.78 is 15.5. The fourth-order valence-electron chi connectivity index (χ4n) is 3.44. The third kappa shape index (κ3) is 3.75.